The van der Waals surface area contributed by atoms with Crippen LogP contribution >= 0.6 is 0 Å². The highest BCUT2D eigenvalue weighted by molar-refractivity contribution is 4.68. The molecule has 2 rings (SSSR count). The summed E-state index contributed by atoms with van der Waals surface area (Å²) in [6.45, 7) is 9.94. The van der Waals surface area contributed by atoms with E-state index in [1.54, 1.807) is 0 Å². The van der Waals surface area contributed by atoms with Gasteiger partial charge in [0.2, 0.25) is 0 Å². The summed E-state index contributed by atoms with van der Waals surface area (Å²) >= 11 is 0. The van der Waals surface area contributed by atoms with Crippen LogP contribution in [0.25, 0.3) is 0 Å². The molecule has 21 heavy (non-hydrogen) atoms. The monoisotopic (exact) mass is 302 g/mol. The van der Waals surface area contributed by atoms with Crippen LogP contribution in [-0.4, -0.2) is 51.8 Å². The molecule has 0 aromatic carbocycles. The first-order chi connectivity index (χ1) is 10.4. The van der Waals surface area contributed by atoms with Crippen LogP contribution < -0.4 is 0 Å². The van der Waals surface area contributed by atoms with Gasteiger partial charge >= 0.3 is 0 Å². The van der Waals surface area contributed by atoms with Gasteiger partial charge in [0, 0.05) is 26.4 Å². The van der Waals surface area contributed by atoms with Crippen LogP contribution in [0.2, 0.25) is 0 Å². The zero-order valence-electron chi connectivity index (χ0n) is 14.0. The summed E-state index contributed by atoms with van der Waals surface area (Å²) in [5, 5.41) is 0. The summed E-state index contributed by atoms with van der Waals surface area (Å²) in [4.78, 5) is 0. The Labute approximate surface area is 130 Å². The van der Waals surface area contributed by atoms with Crippen molar-refractivity contribution in [2.45, 2.75) is 71.0 Å². The maximum absolute atomic E-state index is 5.40. The number of hydrogen-bond acceptors (Lipinski definition) is 4. The van der Waals surface area contributed by atoms with E-state index >= 15 is 0 Å². The lowest BCUT2D eigenvalue weighted by Gasteiger charge is -2.00. The van der Waals surface area contributed by atoms with Gasteiger partial charge in [-0.05, 0) is 38.5 Å². The first-order valence-electron chi connectivity index (χ1n) is 8.75. The Balaban J connectivity index is 0.000000211. The molecule has 2 aliphatic heterocycles. The Kier molecular flexibility index (Phi) is 12.1. The smallest absolute Gasteiger partial charge is 0.0810 e. The Morgan fingerprint density at radius 3 is 1.62 bits per heavy atom. The lowest BCUT2D eigenvalue weighted by atomic mass is 10.2. The lowest BCUT2D eigenvalue weighted by Crippen LogP contribution is -1.98. The Morgan fingerprint density at radius 1 is 0.714 bits per heavy atom. The van der Waals surface area contributed by atoms with Gasteiger partial charge in [-0.25, -0.2) is 0 Å². The minimum Gasteiger partial charge on any atom is -0.381 e. The van der Waals surface area contributed by atoms with Crippen molar-refractivity contribution in [2.24, 2.45) is 0 Å². The van der Waals surface area contributed by atoms with Gasteiger partial charge in [-0.1, -0.05) is 20.3 Å². The lowest BCUT2D eigenvalue weighted by molar-refractivity contribution is 0.126. The van der Waals surface area contributed by atoms with Crippen LogP contribution in [0.3, 0.4) is 0 Å². The van der Waals surface area contributed by atoms with E-state index in [-0.39, 0.29) is 0 Å². The molecule has 0 spiro atoms. The van der Waals surface area contributed by atoms with Crippen LogP contribution in [-0.2, 0) is 18.9 Å². The first-order valence-corrected chi connectivity index (χ1v) is 8.75. The molecule has 2 unspecified atom stereocenters. The van der Waals surface area contributed by atoms with Gasteiger partial charge in [-0.2, -0.15) is 0 Å². The molecular weight excluding hydrogens is 268 g/mol. The van der Waals surface area contributed by atoms with Gasteiger partial charge in [0.15, 0.2) is 0 Å². The molecule has 4 nitrogen and oxygen atoms in total. The van der Waals surface area contributed by atoms with E-state index < -0.39 is 0 Å². The molecule has 2 atom stereocenters. The third-order valence-corrected chi connectivity index (χ3v) is 3.42. The molecule has 0 N–H and O–H groups in total. The Bertz CT molecular complexity index is 215. The van der Waals surface area contributed by atoms with Crippen LogP contribution in [0.1, 0.15) is 58.8 Å². The second-order valence-corrected chi connectivity index (χ2v) is 5.77. The van der Waals surface area contributed by atoms with Gasteiger partial charge in [0.1, 0.15) is 0 Å². The summed E-state index contributed by atoms with van der Waals surface area (Å²) in [5.41, 5.74) is 0. The normalized spacial score (nSPS) is 22.6. The number of ether oxygens (including phenoxy) is 4. The van der Waals surface area contributed by atoms with Gasteiger partial charge in [-0.3, -0.25) is 0 Å². The van der Waals surface area contributed by atoms with E-state index in [4.69, 9.17) is 18.9 Å². The van der Waals surface area contributed by atoms with Crippen LogP contribution in [0.4, 0.5) is 0 Å². The minimum atomic E-state index is 0.574. The number of hydrogen-bond donors (Lipinski definition) is 0. The van der Waals surface area contributed by atoms with Gasteiger partial charge < -0.3 is 18.9 Å². The number of rotatable bonds is 13. The number of epoxide rings is 2. The average molecular weight is 302 g/mol. The van der Waals surface area contributed by atoms with Crippen LogP contribution in [0.5, 0.6) is 0 Å². The average Bonchev–Trinajstić information content (AvgIpc) is 3.37. The summed E-state index contributed by atoms with van der Waals surface area (Å²) in [6, 6.07) is 0. The van der Waals surface area contributed by atoms with Gasteiger partial charge in [0.05, 0.1) is 25.4 Å². The quantitative estimate of drug-likeness (QED) is 0.385. The molecule has 0 aliphatic carbocycles. The van der Waals surface area contributed by atoms with E-state index in [1.807, 2.05) is 0 Å². The molecule has 0 aromatic heterocycles. The summed E-state index contributed by atoms with van der Waals surface area (Å²) in [6.07, 6.45) is 9.38. The SMILES string of the molecule is CCCCOCCCC1CO1.CCCOCCCC1CO1. The van der Waals surface area contributed by atoms with Crippen molar-refractivity contribution < 1.29 is 18.9 Å². The third kappa shape index (κ3) is 14.5. The second-order valence-electron chi connectivity index (χ2n) is 5.77. The highest BCUT2D eigenvalue weighted by Crippen LogP contribution is 2.15. The molecular formula is C17H34O4. The predicted octanol–water partition coefficient (Wildman–Crippen LogP) is 3.57. The van der Waals surface area contributed by atoms with Crippen molar-refractivity contribution in [1.29, 1.82) is 0 Å². The highest BCUT2D eigenvalue weighted by Gasteiger charge is 2.21. The van der Waals surface area contributed by atoms with Gasteiger partial charge in [0.25, 0.3) is 0 Å². The molecule has 2 heterocycles. The Hall–Kier alpha value is -0.160. The fourth-order valence-corrected chi connectivity index (χ4v) is 1.89. The molecule has 0 bridgehead atoms. The molecule has 0 saturated carbocycles. The highest BCUT2D eigenvalue weighted by atomic mass is 16.6. The van der Waals surface area contributed by atoms with E-state index in [9.17, 15) is 0 Å². The van der Waals surface area contributed by atoms with Crippen molar-refractivity contribution in [1.82, 2.24) is 0 Å². The van der Waals surface area contributed by atoms with E-state index in [2.05, 4.69) is 13.8 Å². The zero-order valence-corrected chi connectivity index (χ0v) is 14.0. The molecule has 0 aromatic rings. The maximum Gasteiger partial charge on any atom is 0.0810 e. The standard InChI is InChI=1S/C9H18O2.C8H16O2/c1-2-3-6-10-7-4-5-9-8-11-9;1-2-5-9-6-3-4-8-7-10-8/h9H,2-8H2,1H3;8H,2-7H2,1H3. The van der Waals surface area contributed by atoms with Gasteiger partial charge in [-0.15, -0.1) is 0 Å². The molecule has 2 aliphatic rings. The van der Waals surface area contributed by atoms with E-state index in [0.29, 0.717) is 12.2 Å². The van der Waals surface area contributed by atoms with Crippen molar-refractivity contribution in [3.63, 3.8) is 0 Å². The summed E-state index contributed by atoms with van der Waals surface area (Å²) in [7, 11) is 0. The van der Waals surface area contributed by atoms with Crippen molar-refractivity contribution in [3.05, 3.63) is 0 Å². The molecule has 0 radical (unpaired) electrons. The largest absolute Gasteiger partial charge is 0.381 e. The third-order valence-electron chi connectivity index (χ3n) is 3.42. The number of unbranched alkanes of at least 4 members (excludes halogenated alkanes) is 1. The molecule has 4 heteroatoms. The van der Waals surface area contributed by atoms with E-state index in [0.717, 1.165) is 58.9 Å². The fraction of sp³-hybridized carbons (Fsp3) is 1.00. The van der Waals surface area contributed by atoms with Crippen molar-refractivity contribution in [2.75, 3.05) is 39.6 Å². The molecule has 0 amide bonds. The first kappa shape index (κ1) is 18.9. The topological polar surface area (TPSA) is 43.5 Å². The van der Waals surface area contributed by atoms with E-state index in [1.165, 1.54) is 25.7 Å². The van der Waals surface area contributed by atoms with Crippen LogP contribution in [0, 0.1) is 0 Å². The van der Waals surface area contributed by atoms with Crippen molar-refractivity contribution in [3.8, 4) is 0 Å². The van der Waals surface area contributed by atoms with Crippen molar-refractivity contribution >= 4 is 0 Å². The molecule has 2 saturated heterocycles. The minimum absolute atomic E-state index is 0.574. The molecule has 126 valence electrons. The summed E-state index contributed by atoms with van der Waals surface area (Å²) in [5.74, 6) is 0. The summed E-state index contributed by atoms with van der Waals surface area (Å²) < 4.78 is 20.8. The Morgan fingerprint density at radius 2 is 1.19 bits per heavy atom. The van der Waals surface area contributed by atoms with Crippen LogP contribution in [0.15, 0.2) is 0 Å². The predicted molar refractivity (Wildman–Crippen MR) is 84.8 cm³/mol. The fourth-order valence-electron chi connectivity index (χ4n) is 1.89. The maximum atomic E-state index is 5.40. The molecule has 2 fully saturated rings. The zero-order chi connectivity index (χ0) is 15.2. The second kappa shape index (κ2) is 13.5.